The zero-order chi connectivity index (χ0) is 29.8. The summed E-state index contributed by atoms with van der Waals surface area (Å²) in [5.41, 5.74) is 7.95. The normalized spacial score (nSPS) is 11.7. The van der Waals surface area contributed by atoms with Crippen molar-refractivity contribution < 1.29 is 0 Å². The van der Waals surface area contributed by atoms with Gasteiger partial charge in [-0.2, -0.15) is 8.75 Å². The largest absolute Gasteiger partial charge is 0.172 e. The van der Waals surface area contributed by atoms with Gasteiger partial charge in [0.2, 0.25) is 0 Å². The first kappa shape index (κ1) is 30.8. The van der Waals surface area contributed by atoms with Crippen LogP contribution in [0.4, 0.5) is 0 Å². The number of hydrogen-bond donors (Lipinski definition) is 0. The van der Waals surface area contributed by atoms with Gasteiger partial charge in [-0.1, -0.05) is 52.4 Å². The van der Waals surface area contributed by atoms with Crippen molar-refractivity contribution in [3.8, 4) is 40.4 Å². The Morgan fingerprint density at radius 1 is 0.465 bits per heavy atom. The summed E-state index contributed by atoms with van der Waals surface area (Å²) < 4.78 is 10.1. The van der Waals surface area contributed by atoms with E-state index in [2.05, 4.69) is 76.2 Å². The van der Waals surface area contributed by atoms with E-state index in [0.29, 0.717) is 0 Å². The van der Waals surface area contributed by atoms with Crippen molar-refractivity contribution in [2.45, 2.75) is 91.9 Å². The number of hydrogen-bond acceptors (Lipinski definition) is 7. The van der Waals surface area contributed by atoms with Crippen molar-refractivity contribution in [2.24, 2.45) is 0 Å². The summed E-state index contributed by atoms with van der Waals surface area (Å²) in [6.45, 7) is 9.00. The van der Waals surface area contributed by atoms with Crippen LogP contribution in [0, 0.1) is 13.8 Å². The second-order valence-electron chi connectivity index (χ2n) is 11.4. The van der Waals surface area contributed by atoms with E-state index in [9.17, 15) is 0 Å². The molecule has 0 fully saturated rings. The van der Waals surface area contributed by atoms with Crippen molar-refractivity contribution in [1.29, 1.82) is 0 Å². The molecule has 5 heterocycles. The Labute approximate surface area is 276 Å². The predicted molar refractivity (Wildman–Crippen MR) is 196 cm³/mol. The Morgan fingerprint density at radius 3 is 1.26 bits per heavy atom. The van der Waals surface area contributed by atoms with E-state index < -0.39 is 0 Å². The first-order chi connectivity index (χ1) is 21.1. The molecule has 0 radical (unpaired) electrons. The molecule has 0 saturated carbocycles. The van der Waals surface area contributed by atoms with Gasteiger partial charge >= 0.3 is 0 Å². The van der Waals surface area contributed by atoms with Gasteiger partial charge in [-0.25, -0.2) is 0 Å². The summed E-state index contributed by atoms with van der Waals surface area (Å²) >= 11 is 9.00. The molecule has 43 heavy (non-hydrogen) atoms. The lowest BCUT2D eigenvalue weighted by atomic mass is 9.86. The maximum Gasteiger partial charge on any atom is 0.114 e. The van der Waals surface area contributed by atoms with Crippen LogP contribution < -0.4 is 0 Å². The Bertz CT molecular complexity index is 1660. The molecule has 0 unspecified atom stereocenters. The number of aryl methyl sites for hydroxylation is 2. The number of unbranched alkanes of at least 4 members (excludes halogenated alkanes) is 6. The summed E-state index contributed by atoms with van der Waals surface area (Å²) in [5.74, 6) is 0. The summed E-state index contributed by atoms with van der Waals surface area (Å²) in [5, 5.41) is 0. The molecule has 0 spiro atoms. The van der Waals surface area contributed by atoms with Crippen molar-refractivity contribution in [3.63, 3.8) is 0 Å². The lowest BCUT2D eigenvalue weighted by Gasteiger charge is -2.19. The molecule has 1 aromatic carbocycles. The number of aromatic nitrogens is 2. The highest BCUT2D eigenvalue weighted by atomic mass is 32.1. The summed E-state index contributed by atoms with van der Waals surface area (Å²) in [6.07, 6.45) is 12.3. The van der Waals surface area contributed by atoms with Crippen LogP contribution in [0.5, 0.6) is 0 Å². The van der Waals surface area contributed by atoms with Crippen molar-refractivity contribution in [3.05, 3.63) is 69.4 Å². The van der Waals surface area contributed by atoms with Crippen LogP contribution >= 0.6 is 57.1 Å². The van der Waals surface area contributed by atoms with E-state index in [0.717, 1.165) is 23.9 Å². The average Bonchev–Trinajstić information content (AvgIpc) is 3.84. The highest BCUT2D eigenvalue weighted by Crippen LogP contribution is 2.48. The third kappa shape index (κ3) is 6.76. The van der Waals surface area contributed by atoms with Gasteiger partial charge in [0.25, 0.3) is 0 Å². The monoisotopic (exact) mass is 660 g/mol. The molecule has 0 N–H and O–H groups in total. The number of fused-ring (bicyclic) bond motifs is 1. The second-order valence-corrected chi connectivity index (χ2v) is 16.7. The van der Waals surface area contributed by atoms with E-state index in [-0.39, 0.29) is 0 Å². The first-order valence-corrected chi connectivity index (χ1v) is 19.7. The summed E-state index contributed by atoms with van der Waals surface area (Å²) in [6, 6.07) is 18.3. The second kappa shape index (κ2) is 14.3. The van der Waals surface area contributed by atoms with Crippen LogP contribution in [0.15, 0.2) is 48.5 Å². The third-order valence-electron chi connectivity index (χ3n) is 8.16. The van der Waals surface area contributed by atoms with Gasteiger partial charge in [-0.15, -0.1) is 45.3 Å². The zero-order valence-electron chi connectivity index (χ0n) is 25.6. The molecule has 2 nitrogen and oxygen atoms in total. The number of nitrogens with zero attached hydrogens (tertiary/aromatic N) is 2. The molecule has 0 aliphatic heterocycles. The highest BCUT2D eigenvalue weighted by molar-refractivity contribution is 7.24. The zero-order valence-corrected chi connectivity index (χ0v) is 29.7. The van der Waals surface area contributed by atoms with Gasteiger partial charge in [0, 0.05) is 50.1 Å². The molecule has 6 rings (SSSR count). The molecule has 0 amide bonds. The molecule has 5 aromatic heterocycles. The third-order valence-corrected chi connectivity index (χ3v) is 13.3. The molecule has 6 aromatic rings. The minimum absolute atomic E-state index is 1.10. The van der Waals surface area contributed by atoms with Crippen LogP contribution in [-0.4, -0.2) is 8.75 Å². The fourth-order valence-electron chi connectivity index (χ4n) is 5.99. The summed E-state index contributed by atoms with van der Waals surface area (Å²) in [4.78, 5) is 10.8. The van der Waals surface area contributed by atoms with Gasteiger partial charge < -0.3 is 0 Å². The minimum atomic E-state index is 1.10. The Hall–Kier alpha value is -2.16. The maximum absolute atomic E-state index is 5.04. The van der Waals surface area contributed by atoms with Crippen LogP contribution in [0.2, 0.25) is 0 Å². The lowest BCUT2D eigenvalue weighted by Crippen LogP contribution is -2.03. The quantitative estimate of drug-likeness (QED) is 0.109. The molecular formula is C36H40N2S5. The Balaban J connectivity index is 1.53. The molecular weight excluding hydrogens is 621 g/mol. The molecule has 224 valence electrons. The smallest absolute Gasteiger partial charge is 0.114 e. The van der Waals surface area contributed by atoms with E-state index in [4.69, 9.17) is 8.75 Å². The fourth-order valence-corrected chi connectivity index (χ4v) is 10.6. The van der Waals surface area contributed by atoms with Crippen molar-refractivity contribution in [1.82, 2.24) is 8.75 Å². The molecule has 7 heteroatoms. The minimum Gasteiger partial charge on any atom is -0.172 e. The first-order valence-electron chi connectivity index (χ1n) is 15.7. The standard InChI is InChI=1S/C36H40N2S5/c1-5-7-9-11-13-25-26(14-12-10-8-6-2)34(32-22-20-30(42-32)28-18-16-24(4)40-28)36-35(37-43-38-36)33(25)31-21-19-29(41-31)27-17-15-23(3)39-27/h15-22H,5-14H2,1-4H3. The van der Waals surface area contributed by atoms with Crippen LogP contribution in [0.3, 0.4) is 0 Å². The molecule has 0 atom stereocenters. The topological polar surface area (TPSA) is 25.8 Å². The van der Waals surface area contributed by atoms with Crippen molar-refractivity contribution >= 4 is 68.1 Å². The van der Waals surface area contributed by atoms with Gasteiger partial charge in [0.05, 0.1) is 11.7 Å². The van der Waals surface area contributed by atoms with Crippen molar-refractivity contribution in [2.75, 3.05) is 0 Å². The molecule has 0 aliphatic rings. The predicted octanol–water partition coefficient (Wildman–Crippen LogP) is 13.5. The van der Waals surface area contributed by atoms with Crippen LogP contribution in [0.25, 0.3) is 51.4 Å². The van der Waals surface area contributed by atoms with Gasteiger partial charge in [0.1, 0.15) is 11.0 Å². The van der Waals surface area contributed by atoms with Gasteiger partial charge in [-0.05, 0) is 99.2 Å². The Kier molecular flexibility index (Phi) is 10.3. The molecule has 0 saturated heterocycles. The summed E-state index contributed by atoms with van der Waals surface area (Å²) in [7, 11) is 0. The number of rotatable bonds is 14. The lowest BCUT2D eigenvalue weighted by molar-refractivity contribution is 0.652. The Morgan fingerprint density at radius 2 is 0.860 bits per heavy atom. The van der Waals surface area contributed by atoms with Gasteiger partial charge in [-0.3, -0.25) is 0 Å². The average molecular weight is 661 g/mol. The van der Waals surface area contributed by atoms with E-state index >= 15 is 0 Å². The molecule has 0 bridgehead atoms. The van der Waals surface area contributed by atoms with Crippen LogP contribution in [-0.2, 0) is 12.8 Å². The van der Waals surface area contributed by atoms with E-state index in [1.54, 1.807) is 0 Å². The highest BCUT2D eigenvalue weighted by Gasteiger charge is 2.26. The SMILES string of the molecule is CCCCCCc1c(CCCCCC)c(-c2ccc(-c3ccc(C)s3)s2)c2nsnc2c1-c1ccc(-c2ccc(C)s2)s1. The number of thiophene rings is 4. The van der Waals surface area contributed by atoms with Crippen LogP contribution in [0.1, 0.15) is 86.1 Å². The fraction of sp³-hybridized carbons (Fsp3) is 0.389. The number of benzene rings is 1. The molecule has 0 aliphatic carbocycles. The maximum atomic E-state index is 5.04. The van der Waals surface area contributed by atoms with E-state index in [1.807, 2.05) is 45.3 Å². The van der Waals surface area contributed by atoms with E-state index in [1.165, 1.54) is 124 Å². The van der Waals surface area contributed by atoms with Gasteiger partial charge in [0.15, 0.2) is 0 Å².